The quantitative estimate of drug-likeness (QED) is 0.742. The van der Waals surface area contributed by atoms with E-state index in [-0.39, 0.29) is 11.6 Å². The number of aromatic nitrogens is 3. The van der Waals surface area contributed by atoms with Gasteiger partial charge in [-0.2, -0.15) is 0 Å². The van der Waals surface area contributed by atoms with E-state index in [0.717, 1.165) is 12.1 Å². The fraction of sp³-hybridized carbons (Fsp3) is 0.235. The minimum Gasteiger partial charge on any atom is -0.494 e. The average Bonchev–Trinajstić information content (AvgIpc) is 2.58. The maximum atomic E-state index is 12.8. The lowest BCUT2D eigenvalue weighted by atomic mass is 10.1. The molecule has 5 heteroatoms. The lowest BCUT2D eigenvalue weighted by Crippen LogP contribution is -2.26. The molecule has 0 fully saturated rings. The van der Waals surface area contributed by atoms with Crippen LogP contribution in [0.3, 0.4) is 0 Å². The van der Waals surface area contributed by atoms with Crippen LogP contribution < -0.4 is 10.3 Å². The van der Waals surface area contributed by atoms with Crippen LogP contribution in [0.25, 0.3) is 10.9 Å². The van der Waals surface area contributed by atoms with Crippen molar-refractivity contribution in [3.8, 4) is 5.75 Å². The van der Waals surface area contributed by atoms with Gasteiger partial charge in [0.1, 0.15) is 11.3 Å². The second-order valence-corrected chi connectivity index (χ2v) is 4.99. The second kappa shape index (κ2) is 5.97. The van der Waals surface area contributed by atoms with Crippen LogP contribution in [0.4, 0.5) is 0 Å². The van der Waals surface area contributed by atoms with Crippen LogP contribution in [0.15, 0.2) is 53.7 Å². The van der Waals surface area contributed by atoms with Crippen molar-refractivity contribution in [3.63, 3.8) is 0 Å². The van der Waals surface area contributed by atoms with Gasteiger partial charge >= 0.3 is 0 Å². The number of benzene rings is 1. The predicted octanol–water partition coefficient (Wildman–Crippen LogP) is 2.80. The first-order chi connectivity index (χ1) is 10.8. The van der Waals surface area contributed by atoms with Gasteiger partial charge in [0, 0.05) is 6.20 Å². The molecule has 0 aliphatic carbocycles. The van der Waals surface area contributed by atoms with Gasteiger partial charge in [-0.1, -0.05) is 19.1 Å². The summed E-state index contributed by atoms with van der Waals surface area (Å²) in [5.41, 5.74) is 1.36. The topological polar surface area (TPSA) is 57.0 Å². The Labute approximate surface area is 128 Å². The van der Waals surface area contributed by atoms with Crippen LogP contribution in [0.1, 0.15) is 25.1 Å². The molecule has 0 saturated carbocycles. The molecule has 0 radical (unpaired) electrons. The van der Waals surface area contributed by atoms with Crippen molar-refractivity contribution in [2.75, 3.05) is 7.11 Å². The molecule has 0 aliphatic heterocycles. The first kappa shape index (κ1) is 14.3. The summed E-state index contributed by atoms with van der Waals surface area (Å²) in [6.45, 7) is 2.03. The summed E-state index contributed by atoms with van der Waals surface area (Å²) >= 11 is 0. The van der Waals surface area contributed by atoms with Crippen molar-refractivity contribution < 1.29 is 4.74 Å². The Morgan fingerprint density at radius 2 is 2.05 bits per heavy atom. The molecular formula is C17H17N3O2. The minimum absolute atomic E-state index is 0.0820. The maximum Gasteiger partial charge on any atom is 0.261 e. The van der Waals surface area contributed by atoms with E-state index in [9.17, 15) is 4.79 Å². The fourth-order valence-corrected chi connectivity index (χ4v) is 2.65. The Balaban J connectivity index is 2.19. The van der Waals surface area contributed by atoms with Crippen LogP contribution in [0.2, 0.25) is 0 Å². The van der Waals surface area contributed by atoms with Gasteiger partial charge in [-0.05, 0) is 30.7 Å². The smallest absolute Gasteiger partial charge is 0.261 e. The average molecular weight is 295 g/mol. The number of nitrogens with zero attached hydrogens (tertiary/aromatic N) is 3. The third-order valence-corrected chi connectivity index (χ3v) is 3.75. The van der Waals surface area contributed by atoms with Gasteiger partial charge in [0.05, 0.1) is 30.6 Å². The molecule has 0 aliphatic rings. The second-order valence-electron chi connectivity index (χ2n) is 4.99. The molecule has 5 nitrogen and oxygen atoms in total. The number of hydrogen-bond acceptors (Lipinski definition) is 4. The van der Waals surface area contributed by atoms with E-state index in [2.05, 4.69) is 9.97 Å². The van der Waals surface area contributed by atoms with E-state index in [0.29, 0.717) is 16.7 Å². The standard InChI is InChI=1S/C17H17N3O2/c1-3-14(13-8-4-5-10-18-13)20-11-19-16-12(17(20)21)7-6-9-15(16)22-2/h4-11,14H,3H2,1-2H3/t14-/m0/s1. The van der Waals surface area contributed by atoms with E-state index in [1.807, 2.05) is 25.1 Å². The molecule has 112 valence electrons. The van der Waals surface area contributed by atoms with Crippen molar-refractivity contribution in [2.24, 2.45) is 0 Å². The highest BCUT2D eigenvalue weighted by Gasteiger charge is 2.17. The van der Waals surface area contributed by atoms with E-state index < -0.39 is 0 Å². The van der Waals surface area contributed by atoms with Gasteiger partial charge in [-0.15, -0.1) is 0 Å². The van der Waals surface area contributed by atoms with Gasteiger partial charge in [0.2, 0.25) is 0 Å². The molecule has 0 spiro atoms. The molecule has 2 heterocycles. The Morgan fingerprint density at radius 3 is 2.73 bits per heavy atom. The number of hydrogen-bond donors (Lipinski definition) is 0. The first-order valence-electron chi connectivity index (χ1n) is 7.21. The highest BCUT2D eigenvalue weighted by atomic mass is 16.5. The van der Waals surface area contributed by atoms with Crippen LogP contribution in [-0.4, -0.2) is 21.6 Å². The summed E-state index contributed by atoms with van der Waals surface area (Å²) in [5, 5.41) is 0.552. The van der Waals surface area contributed by atoms with Gasteiger partial charge in [0.25, 0.3) is 5.56 Å². The minimum atomic E-state index is -0.128. The number of rotatable bonds is 4. The third-order valence-electron chi connectivity index (χ3n) is 3.75. The SMILES string of the molecule is CC[C@@H](c1ccccn1)n1cnc2c(OC)cccc2c1=O. The number of ether oxygens (including phenoxy) is 1. The van der Waals surface area contributed by atoms with Crippen LogP contribution >= 0.6 is 0 Å². The zero-order valence-electron chi connectivity index (χ0n) is 12.6. The molecule has 22 heavy (non-hydrogen) atoms. The van der Waals surface area contributed by atoms with Crippen molar-refractivity contribution in [1.82, 2.24) is 14.5 Å². The van der Waals surface area contributed by atoms with Crippen molar-refractivity contribution in [1.29, 1.82) is 0 Å². The van der Waals surface area contributed by atoms with Gasteiger partial charge in [0.15, 0.2) is 0 Å². The van der Waals surface area contributed by atoms with Crippen LogP contribution in [0, 0.1) is 0 Å². The predicted molar refractivity (Wildman–Crippen MR) is 85.2 cm³/mol. The highest BCUT2D eigenvalue weighted by molar-refractivity contribution is 5.83. The summed E-state index contributed by atoms with van der Waals surface area (Å²) < 4.78 is 6.91. The van der Waals surface area contributed by atoms with Crippen LogP contribution in [0.5, 0.6) is 5.75 Å². The largest absolute Gasteiger partial charge is 0.494 e. The van der Waals surface area contributed by atoms with E-state index >= 15 is 0 Å². The normalized spacial score (nSPS) is 12.3. The van der Waals surface area contributed by atoms with E-state index in [4.69, 9.17) is 4.74 Å². The number of fused-ring (bicyclic) bond motifs is 1. The third kappa shape index (κ3) is 2.35. The Bertz CT molecular complexity index is 843. The van der Waals surface area contributed by atoms with Gasteiger partial charge < -0.3 is 4.74 Å². The van der Waals surface area contributed by atoms with Gasteiger partial charge in [-0.25, -0.2) is 4.98 Å². The summed E-state index contributed by atoms with van der Waals surface area (Å²) in [4.78, 5) is 21.6. The molecule has 2 aromatic heterocycles. The lowest BCUT2D eigenvalue weighted by molar-refractivity contribution is 0.418. The summed E-state index contributed by atoms with van der Waals surface area (Å²) in [5.74, 6) is 0.604. The zero-order chi connectivity index (χ0) is 15.5. The molecule has 0 saturated heterocycles. The monoisotopic (exact) mass is 295 g/mol. The first-order valence-corrected chi connectivity index (χ1v) is 7.21. The van der Waals surface area contributed by atoms with Gasteiger partial charge in [-0.3, -0.25) is 14.3 Å². The number of pyridine rings is 1. The van der Waals surface area contributed by atoms with E-state index in [1.165, 1.54) is 0 Å². The molecular weight excluding hydrogens is 278 g/mol. The van der Waals surface area contributed by atoms with E-state index in [1.54, 1.807) is 42.4 Å². The van der Waals surface area contributed by atoms with Crippen molar-refractivity contribution >= 4 is 10.9 Å². The number of para-hydroxylation sites is 1. The summed E-state index contributed by atoms with van der Waals surface area (Å²) in [7, 11) is 1.57. The Hall–Kier alpha value is -2.69. The maximum absolute atomic E-state index is 12.8. The molecule has 1 atom stereocenters. The Kier molecular flexibility index (Phi) is 3.87. The number of methoxy groups -OCH3 is 1. The van der Waals surface area contributed by atoms with Crippen molar-refractivity contribution in [2.45, 2.75) is 19.4 Å². The summed E-state index contributed by atoms with van der Waals surface area (Å²) in [6.07, 6.45) is 4.07. The molecule has 3 rings (SSSR count). The fourth-order valence-electron chi connectivity index (χ4n) is 2.65. The molecule has 0 bridgehead atoms. The molecule has 3 aromatic rings. The Morgan fingerprint density at radius 1 is 1.18 bits per heavy atom. The van der Waals surface area contributed by atoms with Crippen molar-refractivity contribution in [3.05, 3.63) is 65.0 Å². The summed E-state index contributed by atoms with van der Waals surface area (Å²) in [6, 6.07) is 11.0. The highest BCUT2D eigenvalue weighted by Crippen LogP contribution is 2.23. The molecule has 0 amide bonds. The molecule has 1 aromatic carbocycles. The zero-order valence-corrected chi connectivity index (χ0v) is 12.6. The lowest BCUT2D eigenvalue weighted by Gasteiger charge is -2.18. The molecule has 0 N–H and O–H groups in total. The van der Waals surface area contributed by atoms with Crippen LogP contribution in [-0.2, 0) is 0 Å². The molecule has 0 unspecified atom stereocenters.